The Kier molecular flexibility index (Phi) is 6.63. The molecule has 5 heteroatoms. The molecular formula is C21H27N3O2. The van der Waals surface area contributed by atoms with Gasteiger partial charge in [0.05, 0.1) is 6.61 Å². The Morgan fingerprint density at radius 1 is 1.00 bits per heavy atom. The molecule has 2 aromatic carbocycles. The van der Waals surface area contributed by atoms with Gasteiger partial charge in [0.15, 0.2) is 0 Å². The van der Waals surface area contributed by atoms with Crippen LogP contribution in [0.3, 0.4) is 0 Å². The number of nitrogens with zero attached hydrogens (tertiary/aromatic N) is 2. The van der Waals surface area contributed by atoms with E-state index in [9.17, 15) is 4.79 Å². The van der Waals surface area contributed by atoms with Gasteiger partial charge in [-0.3, -0.25) is 4.79 Å². The lowest BCUT2D eigenvalue weighted by atomic mass is 10.2. The molecule has 2 aromatic rings. The van der Waals surface area contributed by atoms with Crippen LogP contribution >= 0.6 is 0 Å². The van der Waals surface area contributed by atoms with E-state index in [2.05, 4.69) is 22.2 Å². The highest BCUT2D eigenvalue weighted by Gasteiger charge is 2.12. The van der Waals surface area contributed by atoms with Crippen LogP contribution in [0.25, 0.3) is 0 Å². The molecule has 1 saturated heterocycles. The van der Waals surface area contributed by atoms with Crippen molar-refractivity contribution in [2.45, 2.75) is 6.42 Å². The Morgan fingerprint density at radius 3 is 2.38 bits per heavy atom. The summed E-state index contributed by atoms with van der Waals surface area (Å²) in [7, 11) is 2.17. The molecule has 1 heterocycles. The van der Waals surface area contributed by atoms with E-state index in [-0.39, 0.29) is 5.91 Å². The monoisotopic (exact) mass is 353 g/mol. The van der Waals surface area contributed by atoms with Crippen LogP contribution in [0.15, 0.2) is 54.6 Å². The first-order valence-corrected chi connectivity index (χ1v) is 9.21. The molecule has 3 rings (SSSR count). The molecule has 1 amide bonds. The lowest BCUT2D eigenvalue weighted by Crippen LogP contribution is -2.44. The number of benzene rings is 2. The molecule has 138 valence electrons. The topological polar surface area (TPSA) is 44.8 Å². The molecule has 0 bridgehead atoms. The zero-order valence-corrected chi connectivity index (χ0v) is 15.4. The van der Waals surface area contributed by atoms with Gasteiger partial charge in [0.25, 0.3) is 5.91 Å². The van der Waals surface area contributed by atoms with Crippen molar-refractivity contribution in [1.82, 2.24) is 9.80 Å². The Balaban J connectivity index is 1.39. The molecule has 5 nitrogen and oxygen atoms in total. The maximum atomic E-state index is 12.2. The van der Waals surface area contributed by atoms with Crippen molar-refractivity contribution in [2.24, 2.45) is 0 Å². The summed E-state index contributed by atoms with van der Waals surface area (Å²) in [5, 5.41) is 2.88. The van der Waals surface area contributed by atoms with E-state index in [0.717, 1.165) is 50.6 Å². The number of carbonyl (C=O) groups excluding carboxylic acids is 1. The number of carbonyl (C=O) groups is 1. The molecule has 0 unspecified atom stereocenters. The number of ether oxygens (including phenoxy) is 1. The van der Waals surface area contributed by atoms with Crippen LogP contribution in [-0.2, 0) is 0 Å². The molecule has 26 heavy (non-hydrogen) atoms. The third kappa shape index (κ3) is 5.58. The van der Waals surface area contributed by atoms with Crippen molar-refractivity contribution in [3.63, 3.8) is 0 Å². The summed E-state index contributed by atoms with van der Waals surface area (Å²) in [5.41, 5.74) is 1.42. The van der Waals surface area contributed by atoms with E-state index < -0.39 is 0 Å². The molecule has 1 fully saturated rings. The number of piperazine rings is 1. The summed E-state index contributed by atoms with van der Waals surface area (Å²) < 4.78 is 5.80. The minimum atomic E-state index is -0.113. The number of rotatable bonds is 7. The first-order chi connectivity index (χ1) is 12.7. The normalized spacial score (nSPS) is 15.6. The minimum Gasteiger partial charge on any atom is -0.494 e. The second-order valence-corrected chi connectivity index (χ2v) is 6.69. The molecule has 0 spiro atoms. The summed E-state index contributed by atoms with van der Waals surface area (Å²) in [6.07, 6.45) is 1.01. The van der Waals surface area contributed by atoms with E-state index in [1.165, 1.54) is 0 Å². The summed E-state index contributed by atoms with van der Waals surface area (Å²) >= 11 is 0. The van der Waals surface area contributed by atoms with E-state index >= 15 is 0 Å². The summed E-state index contributed by atoms with van der Waals surface area (Å²) in [6.45, 7) is 6.34. The van der Waals surface area contributed by atoms with Crippen LogP contribution < -0.4 is 10.1 Å². The second kappa shape index (κ2) is 9.36. The second-order valence-electron chi connectivity index (χ2n) is 6.69. The zero-order chi connectivity index (χ0) is 18.2. The molecular weight excluding hydrogens is 326 g/mol. The molecule has 1 N–H and O–H groups in total. The molecule has 1 aliphatic rings. The van der Waals surface area contributed by atoms with Crippen molar-refractivity contribution >= 4 is 11.6 Å². The minimum absolute atomic E-state index is 0.113. The molecule has 0 aliphatic carbocycles. The van der Waals surface area contributed by atoms with Crippen LogP contribution in [0.4, 0.5) is 5.69 Å². The lowest BCUT2D eigenvalue weighted by molar-refractivity contribution is 0.102. The highest BCUT2D eigenvalue weighted by atomic mass is 16.5. The Hall–Kier alpha value is -2.37. The first-order valence-electron chi connectivity index (χ1n) is 9.21. The fraction of sp³-hybridized carbons (Fsp3) is 0.381. The zero-order valence-electron chi connectivity index (χ0n) is 15.4. The van der Waals surface area contributed by atoms with Crippen molar-refractivity contribution in [3.8, 4) is 5.75 Å². The van der Waals surface area contributed by atoms with Crippen LogP contribution in [0.1, 0.15) is 16.8 Å². The van der Waals surface area contributed by atoms with E-state index in [1.54, 1.807) is 12.1 Å². The van der Waals surface area contributed by atoms with Crippen LogP contribution in [0, 0.1) is 0 Å². The average molecular weight is 353 g/mol. The van der Waals surface area contributed by atoms with Crippen molar-refractivity contribution in [2.75, 3.05) is 51.7 Å². The number of nitrogens with one attached hydrogen (secondary N) is 1. The van der Waals surface area contributed by atoms with Crippen LogP contribution in [0.5, 0.6) is 5.75 Å². The molecule has 0 aromatic heterocycles. The Bertz CT molecular complexity index is 680. The average Bonchev–Trinajstić information content (AvgIpc) is 2.68. The highest BCUT2D eigenvalue weighted by Crippen LogP contribution is 2.14. The number of likely N-dealkylation sites (N-methyl/N-ethyl adjacent to an activating group) is 1. The molecule has 0 saturated carbocycles. The third-order valence-corrected chi connectivity index (χ3v) is 4.63. The molecule has 0 atom stereocenters. The van der Waals surface area contributed by atoms with Crippen LogP contribution in [0.2, 0.25) is 0 Å². The number of para-hydroxylation sites is 1. The van der Waals surface area contributed by atoms with E-state index in [0.29, 0.717) is 12.2 Å². The summed E-state index contributed by atoms with van der Waals surface area (Å²) in [5.74, 6) is 0.692. The number of hydrogen-bond donors (Lipinski definition) is 1. The molecule has 0 radical (unpaired) electrons. The van der Waals surface area contributed by atoms with Crippen molar-refractivity contribution in [3.05, 3.63) is 60.2 Å². The van der Waals surface area contributed by atoms with Gasteiger partial charge < -0.3 is 19.9 Å². The largest absolute Gasteiger partial charge is 0.494 e. The van der Waals surface area contributed by atoms with Crippen molar-refractivity contribution < 1.29 is 9.53 Å². The summed E-state index contributed by atoms with van der Waals surface area (Å²) in [6, 6.07) is 16.8. The van der Waals surface area contributed by atoms with E-state index in [4.69, 9.17) is 4.74 Å². The fourth-order valence-electron chi connectivity index (χ4n) is 2.98. The Labute approximate surface area is 155 Å². The van der Waals surface area contributed by atoms with Gasteiger partial charge in [-0.05, 0) is 49.9 Å². The predicted molar refractivity (Wildman–Crippen MR) is 105 cm³/mol. The van der Waals surface area contributed by atoms with E-state index in [1.807, 2.05) is 42.5 Å². The van der Waals surface area contributed by atoms with Crippen molar-refractivity contribution in [1.29, 1.82) is 0 Å². The predicted octanol–water partition coefficient (Wildman–Crippen LogP) is 2.96. The van der Waals surface area contributed by atoms with Gasteiger partial charge in [0, 0.05) is 44.0 Å². The van der Waals surface area contributed by atoms with Gasteiger partial charge in [-0.2, -0.15) is 0 Å². The van der Waals surface area contributed by atoms with Gasteiger partial charge in [-0.25, -0.2) is 0 Å². The number of hydrogen-bond acceptors (Lipinski definition) is 4. The summed E-state index contributed by atoms with van der Waals surface area (Å²) in [4.78, 5) is 17.1. The van der Waals surface area contributed by atoms with Gasteiger partial charge in [-0.1, -0.05) is 18.2 Å². The number of anilines is 1. The third-order valence-electron chi connectivity index (χ3n) is 4.63. The quantitative estimate of drug-likeness (QED) is 0.778. The maximum Gasteiger partial charge on any atom is 0.255 e. The van der Waals surface area contributed by atoms with Gasteiger partial charge in [0.2, 0.25) is 0 Å². The molecule has 1 aliphatic heterocycles. The number of amides is 1. The Morgan fingerprint density at radius 2 is 1.69 bits per heavy atom. The SMILES string of the molecule is CN1CCN(CCCOc2ccc(C(=O)Nc3ccccc3)cc2)CC1. The lowest BCUT2D eigenvalue weighted by Gasteiger charge is -2.32. The standard InChI is InChI=1S/C21H27N3O2/c1-23-13-15-24(16-14-23)12-5-17-26-20-10-8-18(9-11-20)21(25)22-19-6-3-2-4-7-19/h2-4,6-11H,5,12-17H2,1H3,(H,22,25). The smallest absolute Gasteiger partial charge is 0.255 e. The highest BCUT2D eigenvalue weighted by molar-refractivity contribution is 6.04. The van der Waals surface area contributed by atoms with Gasteiger partial charge in [0.1, 0.15) is 5.75 Å². The van der Waals surface area contributed by atoms with Crippen LogP contribution in [-0.4, -0.2) is 62.1 Å². The maximum absolute atomic E-state index is 12.2. The fourth-order valence-corrected chi connectivity index (χ4v) is 2.98. The van der Waals surface area contributed by atoms with Gasteiger partial charge in [-0.15, -0.1) is 0 Å². The first kappa shape index (κ1) is 18.4. The van der Waals surface area contributed by atoms with Gasteiger partial charge >= 0.3 is 0 Å².